The van der Waals surface area contributed by atoms with Crippen molar-refractivity contribution >= 4 is 0 Å². The quantitative estimate of drug-likeness (QED) is 0.805. The number of nitrogens with zero attached hydrogens (tertiary/aromatic N) is 3. The smallest absolute Gasteiger partial charge is 0.113 e. The average Bonchev–Trinajstić information content (AvgIpc) is 3.36. The Morgan fingerprint density at radius 3 is 2.96 bits per heavy atom. The van der Waals surface area contributed by atoms with Crippen LogP contribution in [-0.4, -0.2) is 40.9 Å². The van der Waals surface area contributed by atoms with Gasteiger partial charge in [0.25, 0.3) is 0 Å². The number of aryl methyl sites for hydroxylation is 2. The molecule has 0 radical (unpaired) electrons. The molecule has 2 fully saturated rings. The molecule has 2 aromatic rings. The third-order valence-corrected chi connectivity index (χ3v) is 4.60. The van der Waals surface area contributed by atoms with Crippen molar-refractivity contribution < 1.29 is 9.47 Å². The van der Waals surface area contributed by atoms with E-state index in [0.29, 0.717) is 25.7 Å². The van der Waals surface area contributed by atoms with Gasteiger partial charge in [0.1, 0.15) is 5.69 Å². The van der Waals surface area contributed by atoms with Crippen LogP contribution in [0.5, 0.6) is 0 Å². The van der Waals surface area contributed by atoms with Crippen LogP contribution in [0.3, 0.4) is 0 Å². The fraction of sp³-hybridized carbons (Fsp3) is 0.500. The molecule has 5 heteroatoms. The minimum atomic E-state index is 0.160. The van der Waals surface area contributed by atoms with E-state index in [-0.39, 0.29) is 6.10 Å². The maximum absolute atomic E-state index is 5.67. The maximum Gasteiger partial charge on any atom is 0.113 e. The molecule has 2 aliphatic rings. The van der Waals surface area contributed by atoms with E-state index in [9.17, 15) is 0 Å². The summed E-state index contributed by atoms with van der Waals surface area (Å²) in [5.74, 6) is 7.20. The molecule has 1 aliphatic heterocycles. The van der Waals surface area contributed by atoms with E-state index in [1.807, 2.05) is 10.9 Å². The molecule has 1 saturated carbocycles. The molecule has 1 aromatic heterocycles. The summed E-state index contributed by atoms with van der Waals surface area (Å²) in [5, 5.41) is 8.58. The summed E-state index contributed by atoms with van der Waals surface area (Å²) in [6.45, 7) is 4.94. The van der Waals surface area contributed by atoms with Gasteiger partial charge >= 0.3 is 0 Å². The van der Waals surface area contributed by atoms with Crippen molar-refractivity contribution in [1.29, 1.82) is 0 Å². The minimum absolute atomic E-state index is 0.160. The molecule has 130 valence electrons. The molecule has 0 N–H and O–H groups in total. The molecular weight excluding hydrogens is 314 g/mol. The van der Waals surface area contributed by atoms with E-state index in [0.717, 1.165) is 29.8 Å². The van der Waals surface area contributed by atoms with Gasteiger partial charge in [0.2, 0.25) is 0 Å². The monoisotopic (exact) mass is 337 g/mol. The number of benzene rings is 1. The van der Waals surface area contributed by atoms with E-state index in [4.69, 9.17) is 9.47 Å². The van der Waals surface area contributed by atoms with E-state index >= 15 is 0 Å². The van der Waals surface area contributed by atoms with Crippen molar-refractivity contribution in [2.24, 2.45) is 5.92 Å². The van der Waals surface area contributed by atoms with Crippen LogP contribution in [0.15, 0.2) is 24.4 Å². The highest BCUT2D eigenvalue weighted by atomic mass is 16.6. The zero-order valence-corrected chi connectivity index (χ0v) is 14.6. The fourth-order valence-electron chi connectivity index (χ4n) is 2.95. The largest absolute Gasteiger partial charge is 0.376 e. The Morgan fingerprint density at radius 1 is 1.28 bits per heavy atom. The van der Waals surface area contributed by atoms with Gasteiger partial charge in [-0.05, 0) is 43.9 Å². The molecule has 5 nitrogen and oxygen atoms in total. The standard InChI is InChI=1S/C20H23N3O2/c1-15-12-17(5-4-16-2-3-16)6-7-19(15)20-13-23(22-21-20)9-8-18-14-24-10-11-25-18/h6-7,12-13,16,18H,2-3,8-11,14H2,1H3/t18-/m0/s1. The SMILES string of the molecule is Cc1cc(C#CC2CC2)ccc1-c1cn(CC[C@H]2COCCO2)nn1. The second-order valence-corrected chi connectivity index (χ2v) is 6.80. The van der Waals surface area contributed by atoms with Crippen molar-refractivity contribution in [3.05, 3.63) is 35.5 Å². The zero-order chi connectivity index (χ0) is 17.1. The lowest BCUT2D eigenvalue weighted by Crippen LogP contribution is -2.29. The minimum Gasteiger partial charge on any atom is -0.376 e. The van der Waals surface area contributed by atoms with Gasteiger partial charge in [0.05, 0.1) is 32.1 Å². The number of rotatable bonds is 4. The molecule has 2 heterocycles. The van der Waals surface area contributed by atoms with Gasteiger partial charge in [0, 0.05) is 23.6 Å². The first kappa shape index (κ1) is 16.3. The molecule has 1 saturated heterocycles. The van der Waals surface area contributed by atoms with Crippen LogP contribution in [0.2, 0.25) is 0 Å². The van der Waals surface area contributed by atoms with Crippen LogP contribution < -0.4 is 0 Å². The summed E-state index contributed by atoms with van der Waals surface area (Å²) in [6.07, 6.45) is 5.56. The fourth-order valence-corrected chi connectivity index (χ4v) is 2.95. The van der Waals surface area contributed by atoms with Gasteiger partial charge in [-0.2, -0.15) is 0 Å². The van der Waals surface area contributed by atoms with Crippen molar-refractivity contribution in [3.8, 4) is 23.1 Å². The Balaban J connectivity index is 1.41. The van der Waals surface area contributed by atoms with Crippen molar-refractivity contribution in [3.63, 3.8) is 0 Å². The highest BCUT2D eigenvalue weighted by Gasteiger charge is 2.18. The lowest BCUT2D eigenvalue weighted by Gasteiger charge is -2.22. The van der Waals surface area contributed by atoms with Crippen LogP contribution in [-0.2, 0) is 16.0 Å². The molecule has 1 aliphatic carbocycles. The number of hydrogen-bond donors (Lipinski definition) is 0. The number of ether oxygens (including phenoxy) is 2. The summed E-state index contributed by atoms with van der Waals surface area (Å²) >= 11 is 0. The average molecular weight is 337 g/mol. The highest BCUT2D eigenvalue weighted by molar-refractivity contribution is 5.64. The lowest BCUT2D eigenvalue weighted by molar-refractivity contribution is -0.0920. The molecule has 25 heavy (non-hydrogen) atoms. The van der Waals surface area contributed by atoms with Gasteiger partial charge < -0.3 is 9.47 Å². The third kappa shape index (κ3) is 4.28. The van der Waals surface area contributed by atoms with Gasteiger partial charge in [0.15, 0.2) is 0 Å². The van der Waals surface area contributed by atoms with E-state index in [1.165, 1.54) is 18.4 Å². The number of hydrogen-bond acceptors (Lipinski definition) is 4. The van der Waals surface area contributed by atoms with Crippen molar-refractivity contribution in [1.82, 2.24) is 15.0 Å². The van der Waals surface area contributed by atoms with E-state index in [2.05, 4.69) is 47.3 Å². The second-order valence-electron chi connectivity index (χ2n) is 6.80. The first-order valence-electron chi connectivity index (χ1n) is 9.00. The van der Waals surface area contributed by atoms with Gasteiger partial charge in [-0.1, -0.05) is 23.1 Å². The van der Waals surface area contributed by atoms with Crippen LogP contribution in [0.4, 0.5) is 0 Å². The summed E-state index contributed by atoms with van der Waals surface area (Å²) in [5.41, 5.74) is 4.27. The second kappa shape index (κ2) is 7.38. The van der Waals surface area contributed by atoms with Crippen LogP contribution in [0.1, 0.15) is 30.4 Å². The summed E-state index contributed by atoms with van der Waals surface area (Å²) < 4.78 is 13.0. The van der Waals surface area contributed by atoms with Gasteiger partial charge in [-0.3, -0.25) is 4.68 Å². The topological polar surface area (TPSA) is 49.2 Å². The molecule has 0 amide bonds. The third-order valence-electron chi connectivity index (χ3n) is 4.60. The predicted octanol–water partition coefficient (Wildman–Crippen LogP) is 2.82. The first-order valence-corrected chi connectivity index (χ1v) is 9.00. The molecular formula is C20H23N3O2. The van der Waals surface area contributed by atoms with Gasteiger partial charge in [-0.25, -0.2) is 0 Å². The molecule has 4 rings (SSSR count). The van der Waals surface area contributed by atoms with Gasteiger partial charge in [-0.15, -0.1) is 5.10 Å². The van der Waals surface area contributed by atoms with Crippen LogP contribution in [0, 0.1) is 24.7 Å². The Hall–Kier alpha value is -2.16. The molecule has 0 bridgehead atoms. The predicted molar refractivity (Wildman–Crippen MR) is 95.0 cm³/mol. The Morgan fingerprint density at radius 2 is 2.20 bits per heavy atom. The summed E-state index contributed by atoms with van der Waals surface area (Å²) in [7, 11) is 0. The number of aromatic nitrogens is 3. The Labute approximate surface area is 148 Å². The molecule has 1 atom stereocenters. The lowest BCUT2D eigenvalue weighted by atomic mass is 10.0. The zero-order valence-electron chi connectivity index (χ0n) is 14.6. The van der Waals surface area contributed by atoms with E-state index in [1.54, 1.807) is 0 Å². The van der Waals surface area contributed by atoms with Crippen LogP contribution in [0.25, 0.3) is 11.3 Å². The van der Waals surface area contributed by atoms with Crippen molar-refractivity contribution in [2.75, 3.05) is 19.8 Å². The van der Waals surface area contributed by atoms with E-state index < -0.39 is 0 Å². The Kier molecular flexibility index (Phi) is 4.82. The summed E-state index contributed by atoms with van der Waals surface area (Å²) in [6, 6.07) is 6.31. The Bertz CT molecular complexity index is 793. The molecule has 0 unspecified atom stereocenters. The normalized spacial score (nSPS) is 20.1. The first-order chi connectivity index (χ1) is 12.3. The highest BCUT2D eigenvalue weighted by Crippen LogP contribution is 2.28. The molecule has 0 spiro atoms. The molecule has 1 aromatic carbocycles. The van der Waals surface area contributed by atoms with Crippen LogP contribution >= 0.6 is 0 Å². The summed E-state index contributed by atoms with van der Waals surface area (Å²) in [4.78, 5) is 0. The van der Waals surface area contributed by atoms with Crippen molar-refractivity contribution in [2.45, 2.75) is 38.8 Å². The maximum atomic E-state index is 5.67.